The molecule has 4 nitrogen and oxygen atoms in total. The number of amides is 1. The van der Waals surface area contributed by atoms with Crippen LogP contribution in [0.1, 0.15) is 15.9 Å². The molecule has 2 rings (SSSR count). The highest BCUT2D eigenvalue weighted by Crippen LogP contribution is 2.35. The number of hydrogen-bond acceptors (Lipinski definition) is 4. The first-order valence-electron chi connectivity index (χ1n) is 6.58. The molecule has 1 heterocycles. The number of halogens is 3. The zero-order valence-electron chi connectivity index (χ0n) is 12.1. The zero-order chi connectivity index (χ0) is 16.9. The van der Waals surface area contributed by atoms with Gasteiger partial charge >= 0.3 is 6.18 Å². The summed E-state index contributed by atoms with van der Waals surface area (Å²) in [6, 6.07) is 4.52. The largest absolute Gasteiger partial charge is 0.489 e. The molecule has 0 radical (unpaired) electrons. The van der Waals surface area contributed by atoms with E-state index >= 15 is 0 Å². The Morgan fingerprint density at radius 3 is 2.65 bits per heavy atom. The number of hydrogen-bond donors (Lipinski definition) is 1. The minimum Gasteiger partial charge on any atom is -0.489 e. The van der Waals surface area contributed by atoms with Crippen LogP contribution in [0.5, 0.6) is 5.75 Å². The second-order valence-electron chi connectivity index (χ2n) is 4.52. The molecular weight excluding hydrogens is 331 g/mol. The van der Waals surface area contributed by atoms with Crippen molar-refractivity contribution in [1.82, 2.24) is 0 Å². The Bertz CT molecular complexity index is 656. The lowest BCUT2D eigenvalue weighted by Crippen LogP contribution is -2.14. The van der Waals surface area contributed by atoms with Crippen molar-refractivity contribution in [1.29, 1.82) is 0 Å². The lowest BCUT2D eigenvalue weighted by atomic mass is 10.1. The zero-order valence-corrected chi connectivity index (χ0v) is 13.0. The molecule has 0 aliphatic carbocycles. The molecule has 124 valence electrons. The lowest BCUT2D eigenvalue weighted by molar-refractivity contribution is -0.137. The predicted octanol–water partition coefficient (Wildman–Crippen LogP) is 4.04. The van der Waals surface area contributed by atoms with E-state index in [4.69, 9.17) is 9.47 Å². The number of carbonyl (C=O) groups excluding carboxylic acids is 1. The Labute approximate surface area is 134 Å². The van der Waals surface area contributed by atoms with Gasteiger partial charge in [-0.15, -0.1) is 0 Å². The number of benzene rings is 1. The van der Waals surface area contributed by atoms with Crippen LogP contribution >= 0.6 is 11.3 Å². The van der Waals surface area contributed by atoms with E-state index in [1.165, 1.54) is 24.5 Å². The summed E-state index contributed by atoms with van der Waals surface area (Å²) in [5.74, 6) is -0.346. The fourth-order valence-corrected chi connectivity index (χ4v) is 2.39. The highest BCUT2D eigenvalue weighted by Gasteiger charge is 2.31. The molecule has 0 atom stereocenters. The van der Waals surface area contributed by atoms with Gasteiger partial charge in [-0.25, -0.2) is 0 Å². The van der Waals surface area contributed by atoms with Crippen molar-refractivity contribution in [2.45, 2.75) is 6.18 Å². The van der Waals surface area contributed by atoms with Crippen molar-refractivity contribution in [3.63, 3.8) is 0 Å². The highest BCUT2D eigenvalue weighted by molar-refractivity contribution is 7.08. The molecule has 1 aromatic carbocycles. The summed E-state index contributed by atoms with van der Waals surface area (Å²) in [5.41, 5.74) is -0.528. The number of methoxy groups -OCH3 is 1. The van der Waals surface area contributed by atoms with Crippen molar-refractivity contribution in [2.75, 3.05) is 25.6 Å². The van der Waals surface area contributed by atoms with Crippen LogP contribution in [0.15, 0.2) is 35.0 Å². The Kier molecular flexibility index (Phi) is 5.62. The van der Waals surface area contributed by atoms with E-state index in [1.807, 2.05) is 0 Å². The second kappa shape index (κ2) is 7.47. The van der Waals surface area contributed by atoms with Crippen molar-refractivity contribution in [3.05, 3.63) is 46.2 Å². The number of ether oxygens (including phenoxy) is 2. The summed E-state index contributed by atoms with van der Waals surface area (Å²) in [5, 5.41) is 5.77. The van der Waals surface area contributed by atoms with Crippen LogP contribution in [-0.2, 0) is 10.9 Å². The Morgan fingerprint density at radius 2 is 2.04 bits per heavy atom. The van der Waals surface area contributed by atoms with Gasteiger partial charge in [-0.2, -0.15) is 24.5 Å². The molecule has 1 N–H and O–H groups in total. The number of thiophene rings is 1. The topological polar surface area (TPSA) is 47.6 Å². The maximum Gasteiger partial charge on any atom is 0.416 e. The molecule has 0 aliphatic rings. The van der Waals surface area contributed by atoms with Crippen LogP contribution in [0.3, 0.4) is 0 Å². The predicted molar refractivity (Wildman–Crippen MR) is 81.1 cm³/mol. The summed E-state index contributed by atoms with van der Waals surface area (Å²) >= 11 is 1.32. The molecule has 1 amide bonds. The van der Waals surface area contributed by atoms with Crippen molar-refractivity contribution in [2.24, 2.45) is 0 Å². The van der Waals surface area contributed by atoms with Gasteiger partial charge in [0.25, 0.3) is 5.91 Å². The van der Waals surface area contributed by atoms with Gasteiger partial charge in [-0.1, -0.05) is 0 Å². The van der Waals surface area contributed by atoms with Crippen LogP contribution in [0.25, 0.3) is 0 Å². The minimum absolute atomic E-state index is 0.0351. The van der Waals surface area contributed by atoms with E-state index in [0.29, 0.717) is 5.56 Å². The van der Waals surface area contributed by atoms with Crippen molar-refractivity contribution >= 4 is 22.9 Å². The van der Waals surface area contributed by atoms with E-state index in [9.17, 15) is 18.0 Å². The van der Waals surface area contributed by atoms with Crippen LogP contribution < -0.4 is 10.1 Å². The molecule has 0 aliphatic heterocycles. The second-order valence-corrected chi connectivity index (χ2v) is 5.30. The molecule has 0 spiro atoms. The molecule has 0 unspecified atom stereocenters. The maximum atomic E-state index is 12.8. The first kappa shape index (κ1) is 17.3. The summed E-state index contributed by atoms with van der Waals surface area (Å²) in [4.78, 5) is 12.1. The van der Waals surface area contributed by atoms with Gasteiger partial charge in [-0.3, -0.25) is 4.79 Å². The molecule has 0 saturated carbocycles. The summed E-state index contributed by atoms with van der Waals surface area (Å²) in [7, 11) is 1.48. The molecule has 0 saturated heterocycles. The third-order valence-electron chi connectivity index (χ3n) is 2.88. The summed E-state index contributed by atoms with van der Waals surface area (Å²) in [6.45, 7) is 0.433. The van der Waals surface area contributed by atoms with Crippen LogP contribution in [-0.4, -0.2) is 26.2 Å². The van der Waals surface area contributed by atoms with Crippen LogP contribution in [0.2, 0.25) is 0 Å². The number of anilines is 1. The summed E-state index contributed by atoms with van der Waals surface area (Å²) in [6.07, 6.45) is -4.51. The third-order valence-corrected chi connectivity index (χ3v) is 3.57. The molecule has 0 fully saturated rings. The molecule has 0 bridgehead atoms. The van der Waals surface area contributed by atoms with Gasteiger partial charge in [0.2, 0.25) is 0 Å². The summed E-state index contributed by atoms with van der Waals surface area (Å²) < 4.78 is 48.7. The monoisotopic (exact) mass is 345 g/mol. The van der Waals surface area contributed by atoms with E-state index in [-0.39, 0.29) is 24.7 Å². The molecular formula is C15H14F3NO3S. The quantitative estimate of drug-likeness (QED) is 0.804. The first-order chi connectivity index (χ1) is 10.9. The SMILES string of the molecule is COCCOc1ccc(C(F)(F)F)cc1NC(=O)c1ccsc1. The van der Waals surface area contributed by atoms with Crippen molar-refractivity contribution in [3.8, 4) is 5.75 Å². The number of rotatable bonds is 6. The third kappa shape index (κ3) is 4.70. The van der Waals surface area contributed by atoms with Crippen LogP contribution in [0, 0.1) is 0 Å². The smallest absolute Gasteiger partial charge is 0.416 e. The van der Waals surface area contributed by atoms with Gasteiger partial charge in [0.05, 0.1) is 23.4 Å². The lowest BCUT2D eigenvalue weighted by Gasteiger charge is -2.15. The van der Waals surface area contributed by atoms with Gasteiger partial charge in [-0.05, 0) is 29.6 Å². The standard InChI is InChI=1S/C15H14F3NO3S/c1-21-5-6-22-13-3-2-11(15(16,17)18)8-12(13)19-14(20)10-4-7-23-9-10/h2-4,7-9H,5-6H2,1H3,(H,19,20). The molecule has 23 heavy (non-hydrogen) atoms. The number of nitrogens with one attached hydrogen (secondary N) is 1. The van der Waals surface area contributed by atoms with E-state index in [0.717, 1.165) is 12.1 Å². The Morgan fingerprint density at radius 1 is 1.26 bits per heavy atom. The van der Waals surface area contributed by atoms with E-state index in [1.54, 1.807) is 16.8 Å². The van der Waals surface area contributed by atoms with E-state index in [2.05, 4.69) is 5.32 Å². The normalized spacial score (nSPS) is 11.3. The van der Waals surface area contributed by atoms with Gasteiger partial charge in [0, 0.05) is 12.5 Å². The number of alkyl halides is 3. The van der Waals surface area contributed by atoms with Gasteiger partial charge < -0.3 is 14.8 Å². The van der Waals surface area contributed by atoms with E-state index < -0.39 is 17.6 Å². The Balaban J connectivity index is 2.26. The fraction of sp³-hybridized carbons (Fsp3) is 0.267. The van der Waals surface area contributed by atoms with Crippen LogP contribution in [0.4, 0.5) is 18.9 Å². The number of carbonyl (C=O) groups is 1. The maximum absolute atomic E-state index is 12.8. The van der Waals surface area contributed by atoms with Crippen molar-refractivity contribution < 1.29 is 27.4 Å². The first-order valence-corrected chi connectivity index (χ1v) is 7.52. The minimum atomic E-state index is -4.51. The van der Waals surface area contributed by atoms with Gasteiger partial charge in [0.15, 0.2) is 0 Å². The average Bonchev–Trinajstić information content (AvgIpc) is 3.02. The highest BCUT2D eigenvalue weighted by atomic mass is 32.1. The molecule has 8 heteroatoms. The average molecular weight is 345 g/mol. The van der Waals surface area contributed by atoms with Gasteiger partial charge in [0.1, 0.15) is 12.4 Å². The molecule has 2 aromatic rings. The molecule has 1 aromatic heterocycles. The Hall–Kier alpha value is -2.06. The fourth-order valence-electron chi connectivity index (χ4n) is 1.75.